The largest absolute Gasteiger partial charge is 0.512 e. The summed E-state index contributed by atoms with van der Waals surface area (Å²) < 4.78 is 12.0. The Labute approximate surface area is 116 Å². The number of halogens is 1. The van der Waals surface area contributed by atoms with E-state index < -0.39 is 7.12 Å². The molecular formula is C12H15BClN3O2. The highest BCUT2D eigenvalue weighted by atomic mass is 35.5. The molecule has 3 rings (SSSR count). The summed E-state index contributed by atoms with van der Waals surface area (Å²) in [5.41, 5.74) is 0.784. The van der Waals surface area contributed by atoms with Gasteiger partial charge in [-0.25, -0.2) is 4.98 Å². The minimum atomic E-state index is -0.432. The van der Waals surface area contributed by atoms with Crippen LogP contribution in [0.25, 0.3) is 11.0 Å². The summed E-state index contributed by atoms with van der Waals surface area (Å²) in [5.74, 6) is 0. The standard InChI is InChI=1S/C12H15BClN3O2/c1-11(2)12(3,4)19-13(18-11)8-5-7-6-15-10(14)17-9(7)16-8/h5-6H,1-4H3,(H,15,16,17). The highest BCUT2D eigenvalue weighted by molar-refractivity contribution is 6.61. The Morgan fingerprint density at radius 3 is 2.47 bits per heavy atom. The fourth-order valence-electron chi connectivity index (χ4n) is 2.01. The van der Waals surface area contributed by atoms with Crippen molar-refractivity contribution >= 4 is 35.3 Å². The lowest BCUT2D eigenvalue weighted by Gasteiger charge is -2.32. The average molecular weight is 280 g/mol. The van der Waals surface area contributed by atoms with Gasteiger partial charge < -0.3 is 14.3 Å². The number of hydrogen-bond donors (Lipinski definition) is 1. The molecule has 2 aromatic heterocycles. The van der Waals surface area contributed by atoms with Gasteiger partial charge in [-0.15, -0.1) is 0 Å². The molecule has 0 spiro atoms. The van der Waals surface area contributed by atoms with Crippen LogP contribution in [0.2, 0.25) is 5.28 Å². The lowest BCUT2D eigenvalue weighted by Crippen LogP contribution is -2.41. The van der Waals surface area contributed by atoms with Crippen molar-refractivity contribution in [2.75, 3.05) is 0 Å². The molecule has 1 saturated heterocycles. The Hall–Kier alpha value is -1.11. The van der Waals surface area contributed by atoms with Gasteiger partial charge in [0.25, 0.3) is 0 Å². The monoisotopic (exact) mass is 279 g/mol. The van der Waals surface area contributed by atoms with E-state index >= 15 is 0 Å². The van der Waals surface area contributed by atoms with Crippen LogP contribution >= 0.6 is 11.6 Å². The Morgan fingerprint density at radius 2 is 1.84 bits per heavy atom. The number of nitrogens with zero attached hydrogens (tertiary/aromatic N) is 2. The lowest BCUT2D eigenvalue weighted by atomic mass is 9.85. The second-order valence-electron chi connectivity index (χ2n) is 5.76. The van der Waals surface area contributed by atoms with E-state index in [1.54, 1.807) is 6.20 Å². The predicted octanol–water partition coefficient (Wildman–Crippen LogP) is 1.91. The Kier molecular flexibility index (Phi) is 2.68. The molecule has 1 aliphatic rings. The number of H-pyrrole nitrogens is 1. The number of aromatic amines is 1. The summed E-state index contributed by atoms with van der Waals surface area (Å²) in [6, 6.07) is 1.92. The third-order valence-electron chi connectivity index (χ3n) is 3.87. The van der Waals surface area contributed by atoms with E-state index in [1.165, 1.54) is 0 Å². The maximum absolute atomic E-state index is 5.98. The first-order valence-corrected chi connectivity index (χ1v) is 6.53. The highest BCUT2D eigenvalue weighted by Gasteiger charge is 2.52. The molecule has 0 saturated carbocycles. The molecule has 100 valence electrons. The van der Waals surface area contributed by atoms with E-state index in [4.69, 9.17) is 20.9 Å². The maximum Gasteiger partial charge on any atom is 0.512 e. The first-order chi connectivity index (χ1) is 8.78. The van der Waals surface area contributed by atoms with Crippen LogP contribution in [0, 0.1) is 0 Å². The molecule has 0 aromatic carbocycles. The van der Waals surface area contributed by atoms with Crippen molar-refractivity contribution in [3.8, 4) is 0 Å². The third-order valence-corrected chi connectivity index (χ3v) is 4.05. The molecule has 0 atom stereocenters. The summed E-state index contributed by atoms with van der Waals surface area (Å²) in [6.45, 7) is 8.08. The molecule has 0 unspecified atom stereocenters. The van der Waals surface area contributed by atoms with Crippen molar-refractivity contribution in [2.24, 2.45) is 0 Å². The van der Waals surface area contributed by atoms with Crippen LogP contribution < -0.4 is 5.59 Å². The van der Waals surface area contributed by atoms with Gasteiger partial charge in [-0.1, -0.05) is 0 Å². The zero-order chi connectivity index (χ0) is 13.8. The van der Waals surface area contributed by atoms with Gasteiger partial charge in [-0.05, 0) is 45.4 Å². The second-order valence-corrected chi connectivity index (χ2v) is 6.09. The summed E-state index contributed by atoms with van der Waals surface area (Å²) in [6.07, 6.45) is 1.68. The topological polar surface area (TPSA) is 60.0 Å². The van der Waals surface area contributed by atoms with Gasteiger partial charge in [-0.3, -0.25) is 0 Å². The summed E-state index contributed by atoms with van der Waals surface area (Å²) >= 11 is 5.77. The summed E-state index contributed by atoms with van der Waals surface area (Å²) in [5, 5.41) is 1.10. The van der Waals surface area contributed by atoms with E-state index in [2.05, 4.69) is 15.0 Å². The first kappa shape index (κ1) is 12.9. The smallest absolute Gasteiger partial charge is 0.398 e. The zero-order valence-electron chi connectivity index (χ0n) is 11.3. The predicted molar refractivity (Wildman–Crippen MR) is 74.6 cm³/mol. The zero-order valence-corrected chi connectivity index (χ0v) is 12.1. The van der Waals surface area contributed by atoms with Crippen LogP contribution in [0.3, 0.4) is 0 Å². The third kappa shape index (κ3) is 2.04. The molecule has 0 bridgehead atoms. The Morgan fingerprint density at radius 1 is 1.21 bits per heavy atom. The highest BCUT2D eigenvalue weighted by Crippen LogP contribution is 2.36. The number of hydrogen-bond acceptors (Lipinski definition) is 4. The fraction of sp³-hybridized carbons (Fsp3) is 0.500. The van der Waals surface area contributed by atoms with Gasteiger partial charge in [0, 0.05) is 17.2 Å². The van der Waals surface area contributed by atoms with Crippen LogP contribution in [0.4, 0.5) is 0 Å². The Bertz CT molecular complexity index is 625. The normalized spacial score (nSPS) is 21.2. The lowest BCUT2D eigenvalue weighted by molar-refractivity contribution is 0.00578. The van der Waals surface area contributed by atoms with Crippen molar-refractivity contribution < 1.29 is 9.31 Å². The molecule has 0 radical (unpaired) electrons. The van der Waals surface area contributed by atoms with Gasteiger partial charge >= 0.3 is 7.12 Å². The van der Waals surface area contributed by atoms with Crippen LogP contribution in [-0.4, -0.2) is 33.3 Å². The van der Waals surface area contributed by atoms with Crippen molar-refractivity contribution in [2.45, 2.75) is 38.9 Å². The molecular weight excluding hydrogens is 264 g/mol. The molecule has 1 fully saturated rings. The quantitative estimate of drug-likeness (QED) is 0.640. The first-order valence-electron chi connectivity index (χ1n) is 6.15. The molecule has 2 aromatic rings. The number of fused-ring (bicyclic) bond motifs is 1. The molecule has 0 aliphatic carbocycles. The molecule has 0 amide bonds. The summed E-state index contributed by atoms with van der Waals surface area (Å²) in [7, 11) is -0.432. The molecule has 1 N–H and O–H groups in total. The number of nitrogens with one attached hydrogen (secondary N) is 1. The number of rotatable bonds is 1. The number of aromatic nitrogens is 3. The van der Waals surface area contributed by atoms with E-state index in [0.717, 1.165) is 11.0 Å². The average Bonchev–Trinajstić information content (AvgIpc) is 2.78. The van der Waals surface area contributed by atoms with Crippen molar-refractivity contribution in [1.82, 2.24) is 15.0 Å². The molecule has 5 nitrogen and oxygen atoms in total. The minimum Gasteiger partial charge on any atom is -0.398 e. The van der Waals surface area contributed by atoms with Gasteiger partial charge in [0.15, 0.2) is 0 Å². The van der Waals surface area contributed by atoms with Gasteiger partial charge in [0.2, 0.25) is 5.28 Å². The van der Waals surface area contributed by atoms with E-state index in [1.807, 2.05) is 33.8 Å². The van der Waals surface area contributed by atoms with E-state index in [9.17, 15) is 0 Å². The molecule has 3 heterocycles. The minimum absolute atomic E-state index is 0.217. The van der Waals surface area contributed by atoms with Crippen molar-refractivity contribution in [1.29, 1.82) is 0 Å². The Balaban J connectivity index is 1.98. The van der Waals surface area contributed by atoms with Gasteiger partial charge in [0.05, 0.1) is 11.2 Å². The van der Waals surface area contributed by atoms with Crippen molar-refractivity contribution in [3.05, 3.63) is 17.5 Å². The fourth-order valence-corrected chi connectivity index (χ4v) is 2.15. The van der Waals surface area contributed by atoms with Crippen LogP contribution in [0.5, 0.6) is 0 Å². The van der Waals surface area contributed by atoms with E-state index in [-0.39, 0.29) is 16.5 Å². The summed E-state index contributed by atoms with van der Waals surface area (Å²) in [4.78, 5) is 11.3. The molecule has 7 heteroatoms. The van der Waals surface area contributed by atoms with Gasteiger partial charge in [-0.2, -0.15) is 4.98 Å². The van der Waals surface area contributed by atoms with E-state index in [0.29, 0.717) is 5.65 Å². The maximum atomic E-state index is 5.98. The molecule has 1 aliphatic heterocycles. The molecule has 19 heavy (non-hydrogen) atoms. The SMILES string of the molecule is CC1(C)OB(c2cc3cnc(Cl)nc3[nH]2)OC1(C)C. The van der Waals surface area contributed by atoms with Gasteiger partial charge in [0.1, 0.15) is 5.65 Å². The second kappa shape index (κ2) is 3.94. The van der Waals surface area contributed by atoms with Crippen LogP contribution in [0.1, 0.15) is 27.7 Å². The van der Waals surface area contributed by atoms with Crippen molar-refractivity contribution in [3.63, 3.8) is 0 Å². The van der Waals surface area contributed by atoms with Crippen LogP contribution in [0.15, 0.2) is 12.3 Å². The van der Waals surface area contributed by atoms with Crippen LogP contribution in [-0.2, 0) is 9.31 Å².